The van der Waals surface area contributed by atoms with Gasteiger partial charge in [-0.05, 0) is 45.2 Å². The van der Waals surface area contributed by atoms with Crippen molar-refractivity contribution in [2.75, 3.05) is 13.1 Å². The normalized spacial score (nSPS) is 38.8. The number of hydrogen-bond acceptors (Lipinski definition) is 1. The molecule has 0 amide bonds. The van der Waals surface area contributed by atoms with Gasteiger partial charge in [-0.15, -0.1) is 0 Å². The SMILES string of the molecule is BrC1CCC(N2CCCCC2)C1. The predicted molar refractivity (Wildman–Crippen MR) is 55.8 cm³/mol. The highest BCUT2D eigenvalue weighted by Gasteiger charge is 2.28. The van der Waals surface area contributed by atoms with Gasteiger partial charge in [-0.3, -0.25) is 0 Å². The van der Waals surface area contributed by atoms with Crippen molar-refractivity contribution in [3.05, 3.63) is 0 Å². The quantitative estimate of drug-likeness (QED) is 0.628. The second kappa shape index (κ2) is 4.10. The lowest BCUT2D eigenvalue weighted by Gasteiger charge is -2.32. The van der Waals surface area contributed by atoms with Crippen LogP contribution in [0.3, 0.4) is 0 Å². The number of likely N-dealkylation sites (tertiary alicyclic amines) is 1. The molecule has 0 aromatic carbocycles. The Kier molecular flexibility index (Phi) is 3.08. The van der Waals surface area contributed by atoms with Gasteiger partial charge in [0.25, 0.3) is 0 Å². The Morgan fingerprint density at radius 3 is 2.33 bits per heavy atom. The van der Waals surface area contributed by atoms with Gasteiger partial charge in [0.15, 0.2) is 0 Å². The van der Waals surface area contributed by atoms with Gasteiger partial charge in [-0.25, -0.2) is 0 Å². The first-order valence-corrected chi connectivity index (χ1v) is 6.16. The van der Waals surface area contributed by atoms with Gasteiger partial charge in [0.05, 0.1) is 0 Å². The molecule has 0 N–H and O–H groups in total. The third-order valence-electron chi connectivity index (χ3n) is 3.25. The van der Waals surface area contributed by atoms with Crippen LogP contribution in [0.2, 0.25) is 0 Å². The van der Waals surface area contributed by atoms with Gasteiger partial charge in [0.1, 0.15) is 0 Å². The number of nitrogens with zero attached hydrogens (tertiary/aromatic N) is 1. The summed E-state index contributed by atoms with van der Waals surface area (Å²) < 4.78 is 0. The first-order chi connectivity index (χ1) is 5.86. The molecule has 0 aromatic heterocycles. The van der Waals surface area contributed by atoms with Crippen molar-refractivity contribution < 1.29 is 0 Å². The molecule has 0 radical (unpaired) electrons. The van der Waals surface area contributed by atoms with Crippen LogP contribution in [0.15, 0.2) is 0 Å². The van der Waals surface area contributed by atoms with Crippen LogP contribution in [0.1, 0.15) is 38.5 Å². The Hall–Kier alpha value is 0.440. The second-order valence-electron chi connectivity index (χ2n) is 4.16. The standard InChI is InChI=1S/C10H18BrN/c11-9-4-5-10(8-9)12-6-2-1-3-7-12/h9-10H,1-8H2. The zero-order valence-electron chi connectivity index (χ0n) is 7.64. The largest absolute Gasteiger partial charge is 0.300 e. The number of halogens is 1. The highest BCUT2D eigenvalue weighted by Crippen LogP contribution is 2.30. The second-order valence-corrected chi connectivity index (χ2v) is 5.46. The molecule has 0 aromatic rings. The van der Waals surface area contributed by atoms with Crippen LogP contribution < -0.4 is 0 Å². The topological polar surface area (TPSA) is 3.24 Å². The third-order valence-corrected chi connectivity index (χ3v) is 4.08. The minimum Gasteiger partial charge on any atom is -0.300 e. The molecule has 1 saturated carbocycles. The number of piperidine rings is 1. The zero-order chi connectivity index (χ0) is 8.39. The first kappa shape index (κ1) is 9.01. The molecule has 0 bridgehead atoms. The fraction of sp³-hybridized carbons (Fsp3) is 1.00. The minimum atomic E-state index is 0.810. The van der Waals surface area contributed by atoms with Crippen LogP contribution in [-0.2, 0) is 0 Å². The maximum absolute atomic E-state index is 3.72. The number of alkyl halides is 1. The first-order valence-electron chi connectivity index (χ1n) is 5.24. The Bertz CT molecular complexity index is 140. The molecule has 2 aliphatic rings. The van der Waals surface area contributed by atoms with Crippen LogP contribution in [0.25, 0.3) is 0 Å². The van der Waals surface area contributed by atoms with E-state index in [1.807, 2.05) is 0 Å². The minimum absolute atomic E-state index is 0.810. The molecule has 1 aliphatic carbocycles. The van der Waals surface area contributed by atoms with Crippen LogP contribution in [0, 0.1) is 0 Å². The highest BCUT2D eigenvalue weighted by atomic mass is 79.9. The molecule has 1 saturated heterocycles. The van der Waals surface area contributed by atoms with Crippen LogP contribution in [0.4, 0.5) is 0 Å². The molecule has 2 unspecified atom stereocenters. The van der Waals surface area contributed by atoms with E-state index in [0.717, 1.165) is 10.9 Å². The van der Waals surface area contributed by atoms with E-state index in [0.29, 0.717) is 0 Å². The van der Waals surface area contributed by atoms with Crippen molar-refractivity contribution in [2.24, 2.45) is 0 Å². The maximum atomic E-state index is 3.72. The van der Waals surface area contributed by atoms with Gasteiger partial charge < -0.3 is 4.90 Å². The Morgan fingerprint density at radius 1 is 1.00 bits per heavy atom. The summed E-state index contributed by atoms with van der Waals surface area (Å²) in [6.45, 7) is 2.73. The van der Waals surface area contributed by atoms with E-state index >= 15 is 0 Å². The predicted octanol–water partition coefficient (Wildman–Crippen LogP) is 2.79. The van der Waals surface area contributed by atoms with Gasteiger partial charge in [0, 0.05) is 10.9 Å². The summed E-state index contributed by atoms with van der Waals surface area (Å²) in [6.07, 6.45) is 8.53. The van der Waals surface area contributed by atoms with E-state index in [4.69, 9.17) is 0 Å². The van der Waals surface area contributed by atoms with Crippen molar-refractivity contribution in [3.8, 4) is 0 Å². The highest BCUT2D eigenvalue weighted by molar-refractivity contribution is 9.09. The zero-order valence-corrected chi connectivity index (χ0v) is 9.22. The monoisotopic (exact) mass is 231 g/mol. The van der Waals surface area contributed by atoms with Crippen molar-refractivity contribution >= 4 is 15.9 Å². The Morgan fingerprint density at radius 2 is 1.75 bits per heavy atom. The summed E-state index contributed by atoms with van der Waals surface area (Å²) in [5.41, 5.74) is 0. The van der Waals surface area contributed by atoms with Crippen LogP contribution in [-0.4, -0.2) is 28.9 Å². The maximum Gasteiger partial charge on any atom is 0.0161 e. The number of rotatable bonds is 1. The Balaban J connectivity index is 1.83. The fourth-order valence-electron chi connectivity index (χ4n) is 2.52. The van der Waals surface area contributed by atoms with Crippen molar-refractivity contribution in [2.45, 2.75) is 49.4 Å². The molecule has 0 spiro atoms. The van der Waals surface area contributed by atoms with E-state index in [9.17, 15) is 0 Å². The molecular weight excluding hydrogens is 214 g/mol. The van der Waals surface area contributed by atoms with E-state index in [2.05, 4.69) is 20.8 Å². The summed E-state index contributed by atoms with van der Waals surface area (Å²) >= 11 is 3.72. The molecule has 12 heavy (non-hydrogen) atoms. The third kappa shape index (κ3) is 2.02. The van der Waals surface area contributed by atoms with Gasteiger partial charge in [-0.1, -0.05) is 22.4 Å². The van der Waals surface area contributed by atoms with Crippen molar-refractivity contribution in [1.82, 2.24) is 4.90 Å². The molecule has 2 rings (SSSR count). The van der Waals surface area contributed by atoms with Crippen LogP contribution in [0.5, 0.6) is 0 Å². The summed E-state index contributed by atoms with van der Waals surface area (Å²) in [7, 11) is 0. The molecule has 2 heteroatoms. The van der Waals surface area contributed by atoms with Crippen LogP contribution >= 0.6 is 15.9 Å². The average Bonchev–Trinajstić information content (AvgIpc) is 2.54. The summed E-state index contributed by atoms with van der Waals surface area (Å²) in [4.78, 5) is 3.52. The van der Waals surface area contributed by atoms with E-state index in [-0.39, 0.29) is 0 Å². The molecule has 2 fully saturated rings. The lowest BCUT2D eigenvalue weighted by atomic mass is 10.1. The summed E-state index contributed by atoms with van der Waals surface area (Å²) in [6, 6.07) is 0.912. The molecule has 1 nitrogen and oxygen atoms in total. The molecule has 1 aliphatic heterocycles. The van der Waals surface area contributed by atoms with Gasteiger partial charge in [-0.2, -0.15) is 0 Å². The molecular formula is C10H18BrN. The number of hydrogen-bond donors (Lipinski definition) is 0. The van der Waals surface area contributed by atoms with E-state index < -0.39 is 0 Å². The van der Waals surface area contributed by atoms with Crippen molar-refractivity contribution in [1.29, 1.82) is 0 Å². The lowest BCUT2D eigenvalue weighted by Crippen LogP contribution is -2.37. The lowest BCUT2D eigenvalue weighted by molar-refractivity contribution is 0.166. The molecule has 2 atom stereocenters. The summed E-state index contributed by atoms with van der Waals surface area (Å²) in [5, 5.41) is 0. The average molecular weight is 232 g/mol. The molecule has 1 heterocycles. The van der Waals surface area contributed by atoms with E-state index in [1.165, 1.54) is 51.6 Å². The van der Waals surface area contributed by atoms with Crippen molar-refractivity contribution in [3.63, 3.8) is 0 Å². The van der Waals surface area contributed by atoms with Gasteiger partial charge >= 0.3 is 0 Å². The Labute approximate surface area is 83.6 Å². The van der Waals surface area contributed by atoms with E-state index in [1.54, 1.807) is 0 Å². The smallest absolute Gasteiger partial charge is 0.0161 e. The van der Waals surface area contributed by atoms with Gasteiger partial charge in [0.2, 0.25) is 0 Å². The summed E-state index contributed by atoms with van der Waals surface area (Å²) in [5.74, 6) is 0. The fourth-order valence-corrected chi connectivity index (χ4v) is 3.22. The molecule has 70 valence electrons.